The van der Waals surface area contributed by atoms with Crippen molar-refractivity contribution < 1.29 is 48.0 Å². The molecule has 4 rings (SSSR count). The molecule has 0 atom stereocenters. The Hall–Kier alpha value is -1.14. The van der Waals surface area contributed by atoms with Gasteiger partial charge < -0.3 is 24.8 Å². The van der Waals surface area contributed by atoms with E-state index >= 15 is 0 Å². The summed E-state index contributed by atoms with van der Waals surface area (Å²) >= 11 is -0.799. The number of hydrogen-bond acceptors (Lipinski definition) is 0. The molecular formula is C30H34Cl2Zr. The van der Waals surface area contributed by atoms with E-state index < -0.39 is 23.2 Å². The quantitative estimate of drug-likeness (QED) is 0.543. The standard InChI is InChI=1S/2C15H17.2ClH.Zr/c2*1-15(2,3)14-10-8-13(9-11-14)12-6-4-5-7-12;;;/h2*4,6,8-11H,5H2,1-3H3;2*1H;/q;;;;+2/p-2. The Morgan fingerprint density at radius 2 is 0.879 bits per heavy atom. The van der Waals surface area contributed by atoms with Crippen molar-refractivity contribution in [1.82, 2.24) is 0 Å². The Kier molecular flexibility index (Phi) is 9.43. The maximum atomic E-state index is 2.36. The fourth-order valence-electron chi connectivity index (χ4n) is 4.27. The maximum Gasteiger partial charge on any atom is -1.00 e. The van der Waals surface area contributed by atoms with Crippen LogP contribution >= 0.6 is 0 Å². The molecule has 2 aliphatic carbocycles. The predicted molar refractivity (Wildman–Crippen MR) is 132 cm³/mol. The number of hydrogen-bond donors (Lipinski definition) is 0. The van der Waals surface area contributed by atoms with Crippen LogP contribution in [0.15, 0.2) is 79.4 Å². The fourth-order valence-corrected chi connectivity index (χ4v) is 8.03. The van der Waals surface area contributed by atoms with E-state index in [1.165, 1.54) is 33.4 Å². The number of halogens is 2. The van der Waals surface area contributed by atoms with Gasteiger partial charge in [0.1, 0.15) is 0 Å². The Morgan fingerprint density at radius 1 is 0.545 bits per heavy atom. The molecule has 0 unspecified atom stereocenters. The van der Waals surface area contributed by atoms with Crippen LogP contribution in [0.3, 0.4) is 0 Å². The maximum absolute atomic E-state index is 2.36. The molecule has 0 N–H and O–H groups in total. The van der Waals surface area contributed by atoms with Gasteiger partial charge in [-0.15, -0.1) is 0 Å². The average Bonchev–Trinajstić information content (AvgIpc) is 3.37. The molecule has 2 aromatic carbocycles. The molecule has 0 fully saturated rings. The summed E-state index contributed by atoms with van der Waals surface area (Å²) in [6, 6.07) is 18.6. The van der Waals surface area contributed by atoms with Gasteiger partial charge in [-0.05, 0) is 0 Å². The van der Waals surface area contributed by atoms with Crippen molar-refractivity contribution in [2.75, 3.05) is 0 Å². The summed E-state index contributed by atoms with van der Waals surface area (Å²) < 4.78 is 3.43. The van der Waals surface area contributed by atoms with Crippen LogP contribution < -0.4 is 24.8 Å². The van der Waals surface area contributed by atoms with Crippen molar-refractivity contribution in [3.8, 4) is 0 Å². The smallest absolute Gasteiger partial charge is 1.00 e. The molecule has 172 valence electrons. The molecule has 0 nitrogen and oxygen atoms in total. The van der Waals surface area contributed by atoms with Crippen LogP contribution in [0, 0.1) is 0 Å². The van der Waals surface area contributed by atoms with Gasteiger partial charge >= 0.3 is 201 Å². The first-order chi connectivity index (χ1) is 14.6. The molecule has 0 amide bonds. The van der Waals surface area contributed by atoms with Gasteiger partial charge in [0.2, 0.25) is 0 Å². The topological polar surface area (TPSA) is 0 Å². The van der Waals surface area contributed by atoms with E-state index in [1.807, 2.05) is 0 Å². The monoisotopic (exact) mass is 554 g/mol. The van der Waals surface area contributed by atoms with Crippen LogP contribution in [-0.4, -0.2) is 0 Å². The van der Waals surface area contributed by atoms with Crippen molar-refractivity contribution >= 4 is 11.1 Å². The zero-order valence-electron chi connectivity index (χ0n) is 20.6. The molecule has 2 aliphatic rings. The fraction of sp³-hybridized carbons (Fsp3) is 0.333. The number of rotatable bonds is 4. The SMILES string of the molecule is CC(C)(C)c1ccc(C2=[C]([Zr+2][C]3=C(c4ccc(C(C)(C)C)cc4)C=CC3)CC=C2)cc1.[Cl-].[Cl-]. The zero-order chi connectivity index (χ0) is 22.2. The van der Waals surface area contributed by atoms with E-state index in [-0.39, 0.29) is 35.6 Å². The van der Waals surface area contributed by atoms with E-state index in [4.69, 9.17) is 0 Å². The predicted octanol–water partition coefficient (Wildman–Crippen LogP) is 2.41. The van der Waals surface area contributed by atoms with Gasteiger partial charge in [-0.3, -0.25) is 0 Å². The molecule has 0 radical (unpaired) electrons. The first kappa shape index (κ1) is 28.1. The minimum atomic E-state index is -0.799. The molecule has 33 heavy (non-hydrogen) atoms. The first-order valence-electron chi connectivity index (χ1n) is 11.4. The van der Waals surface area contributed by atoms with Gasteiger partial charge in [-0.25, -0.2) is 0 Å². The molecule has 0 bridgehead atoms. The average molecular weight is 557 g/mol. The van der Waals surface area contributed by atoms with Crippen LogP contribution in [0.25, 0.3) is 11.1 Å². The largest absolute Gasteiger partial charge is 1.00 e. The van der Waals surface area contributed by atoms with Gasteiger partial charge in [0.15, 0.2) is 0 Å². The van der Waals surface area contributed by atoms with Crippen molar-refractivity contribution in [1.29, 1.82) is 0 Å². The summed E-state index contributed by atoms with van der Waals surface area (Å²) in [6.07, 6.45) is 11.7. The molecule has 0 spiro atoms. The van der Waals surface area contributed by atoms with E-state index in [9.17, 15) is 0 Å². The Balaban J connectivity index is 0.00000193. The molecule has 0 heterocycles. The Labute approximate surface area is 224 Å². The van der Waals surface area contributed by atoms with Gasteiger partial charge in [0.25, 0.3) is 0 Å². The Morgan fingerprint density at radius 3 is 1.18 bits per heavy atom. The summed E-state index contributed by atoms with van der Waals surface area (Å²) in [5, 5.41) is 0. The van der Waals surface area contributed by atoms with Crippen molar-refractivity contribution in [3.05, 3.63) is 102 Å². The minimum Gasteiger partial charge on any atom is -1.00 e. The normalized spacial score (nSPS) is 15.5. The second-order valence-electron chi connectivity index (χ2n) is 10.8. The van der Waals surface area contributed by atoms with E-state index in [0.717, 1.165) is 12.8 Å². The van der Waals surface area contributed by atoms with E-state index in [2.05, 4.69) is 114 Å². The van der Waals surface area contributed by atoms with E-state index in [0.29, 0.717) is 0 Å². The third-order valence-electron chi connectivity index (χ3n) is 6.29. The summed E-state index contributed by atoms with van der Waals surface area (Å²) in [4.78, 5) is 0. The summed E-state index contributed by atoms with van der Waals surface area (Å²) in [5.41, 5.74) is 8.99. The van der Waals surface area contributed by atoms with Gasteiger partial charge in [0, 0.05) is 0 Å². The molecule has 0 saturated carbocycles. The molecular weight excluding hydrogens is 522 g/mol. The number of benzene rings is 2. The van der Waals surface area contributed by atoms with Gasteiger partial charge in [-0.1, -0.05) is 0 Å². The molecule has 0 aromatic heterocycles. The van der Waals surface area contributed by atoms with Crippen molar-refractivity contribution in [2.45, 2.75) is 65.2 Å². The van der Waals surface area contributed by atoms with Crippen LogP contribution in [0.1, 0.15) is 76.6 Å². The van der Waals surface area contributed by atoms with Crippen molar-refractivity contribution in [3.63, 3.8) is 0 Å². The minimum absolute atomic E-state index is 0. The van der Waals surface area contributed by atoms with Gasteiger partial charge in [0.05, 0.1) is 0 Å². The summed E-state index contributed by atoms with van der Waals surface area (Å²) in [6.45, 7) is 13.7. The number of allylic oxidation sites excluding steroid dienone is 8. The van der Waals surface area contributed by atoms with Crippen LogP contribution in [0.5, 0.6) is 0 Å². The third-order valence-corrected chi connectivity index (χ3v) is 10.1. The second-order valence-corrected chi connectivity index (χ2v) is 14.4. The third kappa shape index (κ3) is 6.51. The zero-order valence-corrected chi connectivity index (χ0v) is 24.6. The Bertz CT molecular complexity index is 994. The summed E-state index contributed by atoms with van der Waals surface area (Å²) in [7, 11) is 0. The van der Waals surface area contributed by atoms with Crippen LogP contribution in [0.2, 0.25) is 0 Å². The molecule has 0 saturated heterocycles. The van der Waals surface area contributed by atoms with Crippen LogP contribution in [0.4, 0.5) is 0 Å². The molecule has 2 aromatic rings. The van der Waals surface area contributed by atoms with Crippen LogP contribution in [-0.2, 0) is 34.1 Å². The second kappa shape index (κ2) is 11.1. The first-order valence-corrected chi connectivity index (χ1v) is 13.9. The molecule has 0 aliphatic heterocycles. The van der Waals surface area contributed by atoms with Crippen molar-refractivity contribution in [2.24, 2.45) is 0 Å². The summed E-state index contributed by atoms with van der Waals surface area (Å²) in [5.74, 6) is 0. The van der Waals surface area contributed by atoms with Gasteiger partial charge in [-0.2, -0.15) is 0 Å². The van der Waals surface area contributed by atoms with E-state index in [1.54, 1.807) is 6.56 Å². The molecule has 3 heteroatoms.